The van der Waals surface area contributed by atoms with Crippen molar-refractivity contribution in [3.8, 4) is 0 Å². The Balaban J connectivity index is 2.57. The second-order valence-corrected chi connectivity index (χ2v) is 5.84. The van der Waals surface area contributed by atoms with Gasteiger partial charge in [0.05, 0.1) is 5.56 Å². The van der Waals surface area contributed by atoms with Gasteiger partial charge in [-0.2, -0.15) is 0 Å². The highest BCUT2D eigenvalue weighted by atomic mass is 79.9. The minimum Gasteiger partial charge on any atom is -0.452 e. The van der Waals surface area contributed by atoms with Gasteiger partial charge in [-0.15, -0.1) is 0 Å². The van der Waals surface area contributed by atoms with E-state index >= 15 is 0 Å². The minimum absolute atomic E-state index is 0.175. The molecule has 4 nitrogen and oxygen atoms in total. The Morgan fingerprint density at radius 2 is 2.05 bits per heavy atom. The first-order chi connectivity index (χ1) is 9.25. The van der Waals surface area contributed by atoms with Gasteiger partial charge in [-0.3, -0.25) is 4.79 Å². The first kappa shape index (κ1) is 16.6. The third kappa shape index (κ3) is 4.92. The van der Waals surface area contributed by atoms with E-state index in [1.807, 2.05) is 20.8 Å². The lowest BCUT2D eigenvalue weighted by Gasteiger charge is -2.24. The van der Waals surface area contributed by atoms with Crippen molar-refractivity contribution in [3.63, 3.8) is 0 Å². The van der Waals surface area contributed by atoms with Crippen LogP contribution in [0, 0.1) is 5.82 Å². The summed E-state index contributed by atoms with van der Waals surface area (Å²) in [6.45, 7) is 5.33. The Bertz CT molecular complexity index is 517. The number of carbonyl (C=O) groups is 2. The van der Waals surface area contributed by atoms with Gasteiger partial charge in [-0.25, -0.2) is 9.18 Å². The molecule has 0 aliphatic heterocycles. The fraction of sp³-hybridized carbons (Fsp3) is 0.429. The number of hydrogen-bond donors (Lipinski definition) is 1. The summed E-state index contributed by atoms with van der Waals surface area (Å²) in [6.07, 6.45) is 0.760. The number of halogens is 2. The quantitative estimate of drug-likeness (QED) is 0.834. The number of rotatable bonds is 5. The van der Waals surface area contributed by atoms with E-state index in [1.165, 1.54) is 6.07 Å². The van der Waals surface area contributed by atoms with Crippen LogP contribution < -0.4 is 5.32 Å². The summed E-state index contributed by atoms with van der Waals surface area (Å²) < 4.78 is 18.1. The van der Waals surface area contributed by atoms with Gasteiger partial charge in [0.1, 0.15) is 5.82 Å². The number of carbonyl (C=O) groups excluding carboxylic acids is 2. The van der Waals surface area contributed by atoms with Crippen LogP contribution in [0.5, 0.6) is 0 Å². The van der Waals surface area contributed by atoms with Crippen LogP contribution in [0.3, 0.4) is 0 Å². The summed E-state index contributed by atoms with van der Waals surface area (Å²) in [5.41, 5.74) is -0.172. The summed E-state index contributed by atoms with van der Waals surface area (Å²) in [5, 5.41) is 2.75. The largest absolute Gasteiger partial charge is 0.452 e. The lowest BCUT2D eigenvalue weighted by molar-refractivity contribution is -0.125. The molecular weight excluding hydrogens is 329 g/mol. The molecule has 0 saturated heterocycles. The molecule has 1 N–H and O–H groups in total. The van der Waals surface area contributed by atoms with E-state index in [2.05, 4.69) is 21.2 Å². The van der Waals surface area contributed by atoms with Gasteiger partial charge in [0, 0.05) is 10.0 Å². The summed E-state index contributed by atoms with van der Waals surface area (Å²) in [7, 11) is 0. The van der Waals surface area contributed by atoms with Crippen LogP contribution in [0.2, 0.25) is 0 Å². The van der Waals surface area contributed by atoms with Gasteiger partial charge < -0.3 is 10.1 Å². The Morgan fingerprint density at radius 3 is 2.60 bits per heavy atom. The Hall–Kier alpha value is -1.43. The third-order valence-corrected chi connectivity index (χ3v) is 3.50. The standard InChI is InChI=1S/C14H17BrFNO3/c1-4-14(2,3)17-12(18)8-20-13(19)10-6-5-9(16)7-11(10)15/h5-7H,4,8H2,1-3H3,(H,17,18). The number of benzene rings is 1. The fourth-order valence-electron chi connectivity index (χ4n) is 1.37. The highest BCUT2D eigenvalue weighted by molar-refractivity contribution is 9.10. The molecule has 20 heavy (non-hydrogen) atoms. The molecule has 0 radical (unpaired) electrons. The van der Waals surface area contributed by atoms with Gasteiger partial charge in [0.15, 0.2) is 6.61 Å². The van der Waals surface area contributed by atoms with Crippen LogP contribution in [0.25, 0.3) is 0 Å². The maximum Gasteiger partial charge on any atom is 0.339 e. The Morgan fingerprint density at radius 1 is 1.40 bits per heavy atom. The smallest absolute Gasteiger partial charge is 0.339 e. The number of ether oxygens (including phenoxy) is 1. The zero-order valence-corrected chi connectivity index (χ0v) is 13.2. The first-order valence-electron chi connectivity index (χ1n) is 6.18. The minimum atomic E-state index is -0.679. The number of esters is 1. The molecule has 0 atom stereocenters. The van der Waals surface area contributed by atoms with Crippen molar-refractivity contribution in [2.75, 3.05) is 6.61 Å². The fourth-order valence-corrected chi connectivity index (χ4v) is 1.88. The molecule has 0 unspecified atom stereocenters. The average molecular weight is 346 g/mol. The summed E-state index contributed by atoms with van der Waals surface area (Å²) in [5.74, 6) is -1.51. The SMILES string of the molecule is CCC(C)(C)NC(=O)COC(=O)c1ccc(F)cc1Br. The van der Waals surface area contributed by atoms with E-state index in [-0.39, 0.29) is 28.1 Å². The molecule has 110 valence electrons. The molecule has 1 rings (SSSR count). The lowest BCUT2D eigenvalue weighted by Crippen LogP contribution is -2.44. The lowest BCUT2D eigenvalue weighted by atomic mass is 10.0. The van der Waals surface area contributed by atoms with Crippen molar-refractivity contribution < 1.29 is 18.7 Å². The molecule has 0 spiro atoms. The highest BCUT2D eigenvalue weighted by Crippen LogP contribution is 2.18. The van der Waals surface area contributed by atoms with Crippen LogP contribution in [-0.4, -0.2) is 24.0 Å². The molecule has 0 aliphatic rings. The van der Waals surface area contributed by atoms with E-state index in [0.29, 0.717) is 0 Å². The monoisotopic (exact) mass is 345 g/mol. The van der Waals surface area contributed by atoms with E-state index in [9.17, 15) is 14.0 Å². The van der Waals surface area contributed by atoms with E-state index in [1.54, 1.807) is 0 Å². The third-order valence-electron chi connectivity index (χ3n) is 2.85. The van der Waals surface area contributed by atoms with E-state index < -0.39 is 11.8 Å². The molecule has 0 aliphatic carbocycles. The summed E-state index contributed by atoms with van der Waals surface area (Å²) in [4.78, 5) is 23.4. The highest BCUT2D eigenvalue weighted by Gasteiger charge is 2.19. The van der Waals surface area contributed by atoms with Crippen LogP contribution in [0.15, 0.2) is 22.7 Å². The maximum absolute atomic E-state index is 12.9. The van der Waals surface area contributed by atoms with E-state index in [4.69, 9.17) is 4.74 Å². The number of hydrogen-bond acceptors (Lipinski definition) is 3. The van der Waals surface area contributed by atoms with Crippen LogP contribution in [-0.2, 0) is 9.53 Å². The molecule has 0 aromatic heterocycles. The van der Waals surface area contributed by atoms with Crippen LogP contribution in [0.1, 0.15) is 37.6 Å². The zero-order chi connectivity index (χ0) is 15.3. The van der Waals surface area contributed by atoms with Crippen molar-refractivity contribution in [2.45, 2.75) is 32.7 Å². The van der Waals surface area contributed by atoms with Gasteiger partial charge in [-0.05, 0) is 54.4 Å². The van der Waals surface area contributed by atoms with E-state index in [0.717, 1.165) is 18.6 Å². The molecular formula is C14H17BrFNO3. The molecule has 1 amide bonds. The summed E-state index contributed by atoms with van der Waals surface area (Å²) >= 11 is 3.07. The van der Waals surface area contributed by atoms with Gasteiger partial charge in [0.2, 0.25) is 0 Å². The van der Waals surface area contributed by atoms with Gasteiger partial charge in [-0.1, -0.05) is 6.92 Å². The molecule has 0 heterocycles. The molecule has 0 saturated carbocycles. The maximum atomic E-state index is 12.9. The van der Waals surface area contributed by atoms with Crippen molar-refractivity contribution in [1.29, 1.82) is 0 Å². The van der Waals surface area contributed by atoms with Crippen molar-refractivity contribution in [2.24, 2.45) is 0 Å². The molecule has 6 heteroatoms. The average Bonchev–Trinajstić information content (AvgIpc) is 2.35. The summed E-state index contributed by atoms with van der Waals surface area (Å²) in [6, 6.07) is 3.62. The predicted octanol–water partition coefficient (Wildman–Crippen LogP) is 3.05. The van der Waals surface area contributed by atoms with Crippen molar-refractivity contribution in [3.05, 3.63) is 34.1 Å². The molecule has 1 aromatic carbocycles. The van der Waals surface area contributed by atoms with Gasteiger partial charge in [0.25, 0.3) is 5.91 Å². The second-order valence-electron chi connectivity index (χ2n) is 4.99. The number of nitrogens with one attached hydrogen (secondary N) is 1. The number of amides is 1. The van der Waals surface area contributed by atoms with Crippen molar-refractivity contribution >= 4 is 27.8 Å². The van der Waals surface area contributed by atoms with Crippen LogP contribution in [0.4, 0.5) is 4.39 Å². The first-order valence-corrected chi connectivity index (χ1v) is 6.97. The normalized spacial score (nSPS) is 11.1. The second kappa shape index (κ2) is 6.83. The predicted molar refractivity (Wildman–Crippen MR) is 76.9 cm³/mol. The zero-order valence-electron chi connectivity index (χ0n) is 11.6. The molecule has 1 aromatic rings. The van der Waals surface area contributed by atoms with Gasteiger partial charge >= 0.3 is 5.97 Å². The Labute approximate surface area is 125 Å². The molecule has 0 fully saturated rings. The molecule has 0 bridgehead atoms. The topological polar surface area (TPSA) is 55.4 Å². The van der Waals surface area contributed by atoms with Crippen molar-refractivity contribution in [1.82, 2.24) is 5.32 Å². The van der Waals surface area contributed by atoms with Crippen LogP contribution >= 0.6 is 15.9 Å². The Kier molecular flexibility index (Phi) is 5.68.